The maximum atomic E-state index is 13.1. The molecule has 0 saturated carbocycles. The Labute approximate surface area is 195 Å². The zero-order valence-corrected chi connectivity index (χ0v) is 18.8. The summed E-state index contributed by atoms with van der Waals surface area (Å²) in [5.41, 5.74) is -0.243. The van der Waals surface area contributed by atoms with Crippen LogP contribution < -0.4 is 15.1 Å². The Bertz CT molecular complexity index is 907. The Morgan fingerprint density at radius 1 is 1.26 bits per heavy atom. The Morgan fingerprint density at radius 2 is 1.97 bits per heavy atom. The molecule has 0 aliphatic carbocycles. The number of aliphatic hydroxyl groups is 1. The van der Waals surface area contributed by atoms with E-state index in [1.165, 1.54) is 7.11 Å². The molecule has 14 nitrogen and oxygen atoms in total. The van der Waals surface area contributed by atoms with Gasteiger partial charge in [-0.05, 0) is 6.42 Å². The molecule has 1 saturated heterocycles. The molecule has 0 spiro atoms. The molecule has 14 heteroatoms. The van der Waals surface area contributed by atoms with Gasteiger partial charge in [-0.3, -0.25) is 9.59 Å². The molecule has 34 heavy (non-hydrogen) atoms. The first kappa shape index (κ1) is 26.7. The van der Waals surface area contributed by atoms with Gasteiger partial charge in [0.05, 0.1) is 26.2 Å². The molecule has 0 aromatic carbocycles. The van der Waals surface area contributed by atoms with Crippen LogP contribution in [0.2, 0.25) is 0 Å². The van der Waals surface area contributed by atoms with Crippen molar-refractivity contribution in [3.8, 4) is 0 Å². The maximum absolute atomic E-state index is 13.1. The van der Waals surface area contributed by atoms with Crippen molar-refractivity contribution >= 4 is 35.3 Å². The number of carbonyl (C=O) groups excluding carboxylic acids is 1. The van der Waals surface area contributed by atoms with Crippen molar-refractivity contribution < 1.29 is 39.2 Å². The summed E-state index contributed by atoms with van der Waals surface area (Å²) in [5, 5.41) is 29.8. The number of methoxy groups -OCH3 is 1. The van der Waals surface area contributed by atoms with Crippen molar-refractivity contribution in [2.75, 3.05) is 69.5 Å². The lowest BCUT2D eigenvalue weighted by Gasteiger charge is -2.29. The predicted octanol–water partition coefficient (Wildman–Crippen LogP) is -0.643. The molecule has 1 aromatic rings. The van der Waals surface area contributed by atoms with Crippen LogP contribution in [0.5, 0.6) is 0 Å². The van der Waals surface area contributed by atoms with Gasteiger partial charge < -0.3 is 44.8 Å². The minimum Gasteiger partial charge on any atom is -0.481 e. The topological polar surface area (TPSA) is 179 Å². The molecule has 4 N–H and O–H groups in total. The Morgan fingerprint density at radius 3 is 2.53 bits per heavy atom. The average Bonchev–Trinajstić information content (AvgIpc) is 2.83. The molecule has 1 atom stereocenters. The van der Waals surface area contributed by atoms with Gasteiger partial charge in [0.2, 0.25) is 0 Å². The smallest absolute Gasteiger partial charge is 0.326 e. The van der Waals surface area contributed by atoms with Crippen LogP contribution in [0.4, 0.5) is 17.5 Å². The minimum atomic E-state index is -1.69. The lowest BCUT2D eigenvalue weighted by Crippen LogP contribution is -2.44. The zero-order valence-electron chi connectivity index (χ0n) is 18.8. The van der Waals surface area contributed by atoms with Crippen LogP contribution in [-0.2, 0) is 19.1 Å². The molecule has 1 aliphatic heterocycles. The number of morpholine rings is 1. The highest BCUT2D eigenvalue weighted by molar-refractivity contribution is 6.00. The van der Waals surface area contributed by atoms with Gasteiger partial charge in [0.1, 0.15) is 6.04 Å². The number of anilines is 2. The summed E-state index contributed by atoms with van der Waals surface area (Å²) >= 11 is 0. The summed E-state index contributed by atoms with van der Waals surface area (Å²) < 4.78 is 10.4. The standard InChI is InChI=1S/C20H28N6O8/c1-21-16-18(25(4-3-8-27)5-9-33-2)23-15(17(24-16)26-6-10-34-11-7-26)19(30)22-13(20(31)32)12-14(28)29/h13,27H,3-12H2,2H3,(H,22,30)(H,28,29)(H,31,32)/t13-/m1/s1. The SMILES string of the molecule is [C-]#[N+]c1nc(N2CCOCC2)c(C(=O)N[C@H](CC(=O)O)C(=O)O)nc1N(CCCO)CCOC. The largest absolute Gasteiger partial charge is 0.481 e. The first-order valence-electron chi connectivity index (χ1n) is 10.5. The van der Waals surface area contributed by atoms with E-state index in [-0.39, 0.29) is 36.4 Å². The third kappa shape index (κ3) is 7.24. The second kappa shape index (κ2) is 13.2. The fourth-order valence-electron chi connectivity index (χ4n) is 3.23. The van der Waals surface area contributed by atoms with E-state index in [1.807, 2.05) is 0 Å². The second-order valence-electron chi connectivity index (χ2n) is 7.27. The van der Waals surface area contributed by atoms with E-state index < -0.39 is 30.3 Å². The van der Waals surface area contributed by atoms with Gasteiger partial charge in [-0.25, -0.2) is 9.78 Å². The normalized spacial score (nSPS) is 14.2. The van der Waals surface area contributed by atoms with E-state index in [1.54, 1.807) is 9.80 Å². The van der Waals surface area contributed by atoms with E-state index in [9.17, 15) is 24.6 Å². The monoisotopic (exact) mass is 480 g/mol. The Balaban J connectivity index is 2.55. The Kier molecular flexibility index (Phi) is 10.4. The molecular weight excluding hydrogens is 452 g/mol. The number of hydrogen-bond donors (Lipinski definition) is 4. The number of amides is 1. The molecule has 0 radical (unpaired) electrons. The molecule has 0 unspecified atom stereocenters. The summed E-state index contributed by atoms with van der Waals surface area (Å²) in [7, 11) is 1.50. The lowest BCUT2D eigenvalue weighted by atomic mass is 10.2. The predicted molar refractivity (Wildman–Crippen MR) is 118 cm³/mol. The summed E-state index contributed by atoms with van der Waals surface area (Å²) in [6.45, 7) is 9.78. The highest BCUT2D eigenvalue weighted by atomic mass is 16.5. The lowest BCUT2D eigenvalue weighted by molar-refractivity contribution is -0.145. The van der Waals surface area contributed by atoms with Gasteiger partial charge in [-0.2, -0.15) is 0 Å². The van der Waals surface area contributed by atoms with Gasteiger partial charge in [0.15, 0.2) is 11.5 Å². The third-order valence-corrected chi connectivity index (χ3v) is 4.91. The van der Waals surface area contributed by atoms with Gasteiger partial charge in [-0.15, -0.1) is 0 Å². The Hall–Kier alpha value is -3.54. The van der Waals surface area contributed by atoms with Crippen LogP contribution in [0.3, 0.4) is 0 Å². The highest BCUT2D eigenvalue weighted by Gasteiger charge is 2.32. The first-order chi connectivity index (χ1) is 16.3. The number of hydrogen-bond acceptors (Lipinski definition) is 10. The minimum absolute atomic E-state index is 0.0730. The molecule has 2 rings (SSSR count). The van der Waals surface area contributed by atoms with Crippen LogP contribution in [-0.4, -0.2) is 109 Å². The fraction of sp³-hybridized carbons (Fsp3) is 0.600. The van der Waals surface area contributed by atoms with Crippen molar-refractivity contribution in [1.82, 2.24) is 15.3 Å². The summed E-state index contributed by atoms with van der Waals surface area (Å²) in [5.74, 6) is -3.77. The van der Waals surface area contributed by atoms with E-state index in [2.05, 4.69) is 20.1 Å². The number of aliphatic carboxylic acids is 2. The van der Waals surface area contributed by atoms with Crippen molar-refractivity contribution in [3.63, 3.8) is 0 Å². The van der Waals surface area contributed by atoms with Crippen LogP contribution in [0.15, 0.2) is 0 Å². The average molecular weight is 480 g/mol. The summed E-state index contributed by atoms with van der Waals surface area (Å²) in [4.78, 5) is 51.2. The number of carboxylic acid groups (broad SMARTS) is 2. The number of carboxylic acids is 2. The van der Waals surface area contributed by atoms with E-state index in [4.69, 9.17) is 21.2 Å². The van der Waals surface area contributed by atoms with Gasteiger partial charge >= 0.3 is 17.8 Å². The van der Waals surface area contributed by atoms with Crippen LogP contribution in [0, 0.1) is 6.57 Å². The van der Waals surface area contributed by atoms with Gasteiger partial charge in [0, 0.05) is 39.9 Å². The molecule has 2 heterocycles. The number of aliphatic hydroxyl groups excluding tert-OH is 1. The van der Waals surface area contributed by atoms with Gasteiger partial charge in [0.25, 0.3) is 11.7 Å². The molecule has 1 aliphatic rings. The third-order valence-electron chi connectivity index (χ3n) is 4.91. The number of nitrogens with one attached hydrogen (secondary N) is 1. The zero-order chi connectivity index (χ0) is 25.1. The highest BCUT2D eigenvalue weighted by Crippen LogP contribution is 2.30. The molecular formula is C20H28N6O8. The quantitative estimate of drug-likeness (QED) is 0.263. The maximum Gasteiger partial charge on any atom is 0.326 e. The second-order valence-corrected chi connectivity index (χ2v) is 7.27. The molecule has 1 aromatic heterocycles. The van der Waals surface area contributed by atoms with Crippen molar-refractivity contribution in [1.29, 1.82) is 0 Å². The molecule has 1 amide bonds. The van der Waals surface area contributed by atoms with Crippen LogP contribution >= 0.6 is 0 Å². The molecule has 0 bridgehead atoms. The fourth-order valence-corrected chi connectivity index (χ4v) is 3.23. The number of rotatable bonds is 13. The first-order valence-corrected chi connectivity index (χ1v) is 10.5. The number of aromatic nitrogens is 2. The van der Waals surface area contributed by atoms with Crippen LogP contribution in [0.1, 0.15) is 23.3 Å². The van der Waals surface area contributed by atoms with E-state index in [0.717, 1.165) is 0 Å². The van der Waals surface area contributed by atoms with E-state index in [0.29, 0.717) is 45.8 Å². The number of nitrogens with zero attached hydrogens (tertiary/aromatic N) is 5. The summed E-state index contributed by atoms with van der Waals surface area (Å²) in [6.07, 6.45) is -0.472. The summed E-state index contributed by atoms with van der Waals surface area (Å²) in [6, 6.07) is -1.69. The van der Waals surface area contributed by atoms with E-state index >= 15 is 0 Å². The van der Waals surface area contributed by atoms with Gasteiger partial charge in [-0.1, -0.05) is 11.6 Å². The number of ether oxygens (including phenoxy) is 2. The van der Waals surface area contributed by atoms with Crippen LogP contribution in [0.25, 0.3) is 4.85 Å². The molecule has 1 fully saturated rings. The van der Waals surface area contributed by atoms with Crippen molar-refractivity contribution in [2.24, 2.45) is 0 Å². The van der Waals surface area contributed by atoms with Crippen molar-refractivity contribution in [2.45, 2.75) is 18.9 Å². The number of carbonyl (C=O) groups is 3. The van der Waals surface area contributed by atoms with Crippen molar-refractivity contribution in [3.05, 3.63) is 17.1 Å². The molecule has 186 valence electrons.